The lowest BCUT2D eigenvalue weighted by Crippen LogP contribution is -2.37. The van der Waals surface area contributed by atoms with Gasteiger partial charge in [-0.3, -0.25) is 9.78 Å². The average Bonchev–Trinajstić information content (AvgIpc) is 3.29. The van der Waals surface area contributed by atoms with Gasteiger partial charge in [-0.1, -0.05) is 0 Å². The Labute approximate surface area is 128 Å². The molecular weight excluding hydrogens is 280 g/mol. The monoisotopic (exact) mass is 298 g/mol. The molecular formula is C16H18N4O2. The van der Waals surface area contributed by atoms with Gasteiger partial charge in [0.15, 0.2) is 0 Å². The van der Waals surface area contributed by atoms with Crippen LogP contribution in [0.15, 0.2) is 41.5 Å². The van der Waals surface area contributed by atoms with E-state index in [1.54, 1.807) is 23.1 Å². The van der Waals surface area contributed by atoms with Gasteiger partial charge >= 0.3 is 0 Å². The molecule has 3 heterocycles. The maximum Gasteiger partial charge on any atom is 0.267 e. The van der Waals surface area contributed by atoms with Crippen LogP contribution in [0.4, 0.5) is 5.69 Å². The summed E-state index contributed by atoms with van der Waals surface area (Å²) in [7, 11) is 0. The fraction of sp³-hybridized carbons (Fsp3) is 0.438. The minimum absolute atomic E-state index is 0.0297. The summed E-state index contributed by atoms with van der Waals surface area (Å²) in [5.74, 6) is 0.528. The van der Waals surface area contributed by atoms with E-state index in [4.69, 9.17) is 4.74 Å². The number of nitrogens with zero attached hydrogens (tertiary/aromatic N) is 3. The summed E-state index contributed by atoms with van der Waals surface area (Å²) in [4.78, 5) is 16.2. The standard InChI is InChI=1S/C16H18N4O2/c21-16-4-3-13(11-1-2-11)19-20(16)15-10-22-9-14(15)18-12-5-7-17-8-6-12/h3-8,11,14-15H,1-2,9-10H2,(H,17,18). The van der Waals surface area contributed by atoms with Crippen molar-refractivity contribution in [3.8, 4) is 0 Å². The molecule has 1 N–H and O–H groups in total. The molecule has 0 spiro atoms. The van der Waals surface area contributed by atoms with Crippen LogP contribution in [0.2, 0.25) is 0 Å². The van der Waals surface area contributed by atoms with Crippen LogP contribution in [0.3, 0.4) is 0 Å². The molecule has 2 atom stereocenters. The van der Waals surface area contributed by atoms with Gasteiger partial charge in [0.25, 0.3) is 5.56 Å². The molecule has 6 heteroatoms. The topological polar surface area (TPSA) is 69.0 Å². The van der Waals surface area contributed by atoms with Gasteiger partial charge in [0.05, 0.1) is 24.9 Å². The Balaban J connectivity index is 1.60. The molecule has 2 unspecified atom stereocenters. The first-order valence-electron chi connectivity index (χ1n) is 7.65. The quantitative estimate of drug-likeness (QED) is 0.928. The Kier molecular flexibility index (Phi) is 3.38. The number of ether oxygens (including phenoxy) is 1. The highest BCUT2D eigenvalue weighted by atomic mass is 16.5. The molecule has 2 aromatic rings. The number of aromatic nitrogens is 3. The SMILES string of the molecule is O=c1ccc(C2CC2)nn1C1COCC1Nc1ccncc1. The van der Waals surface area contributed by atoms with E-state index in [-0.39, 0.29) is 17.6 Å². The Bertz CT molecular complexity index is 712. The molecule has 22 heavy (non-hydrogen) atoms. The number of hydrogen-bond donors (Lipinski definition) is 1. The predicted molar refractivity (Wildman–Crippen MR) is 82.0 cm³/mol. The maximum atomic E-state index is 12.2. The molecule has 1 aliphatic heterocycles. The van der Waals surface area contributed by atoms with Crippen LogP contribution in [0.25, 0.3) is 0 Å². The minimum Gasteiger partial charge on any atom is -0.378 e. The van der Waals surface area contributed by atoms with Gasteiger partial charge in [-0.05, 0) is 31.0 Å². The molecule has 1 saturated heterocycles. The van der Waals surface area contributed by atoms with Crippen molar-refractivity contribution in [2.75, 3.05) is 18.5 Å². The van der Waals surface area contributed by atoms with Gasteiger partial charge in [0, 0.05) is 30.1 Å². The highest BCUT2D eigenvalue weighted by molar-refractivity contribution is 5.42. The number of anilines is 1. The third-order valence-electron chi connectivity index (χ3n) is 4.24. The molecule has 2 aliphatic rings. The van der Waals surface area contributed by atoms with Crippen molar-refractivity contribution in [1.82, 2.24) is 14.8 Å². The molecule has 0 radical (unpaired) electrons. The predicted octanol–water partition coefficient (Wildman–Crippen LogP) is 1.57. The summed E-state index contributed by atoms with van der Waals surface area (Å²) in [6.45, 7) is 1.07. The van der Waals surface area contributed by atoms with Gasteiger partial charge in [-0.25, -0.2) is 4.68 Å². The number of nitrogens with one attached hydrogen (secondary N) is 1. The van der Waals surface area contributed by atoms with E-state index in [9.17, 15) is 4.79 Å². The van der Waals surface area contributed by atoms with Crippen molar-refractivity contribution in [3.05, 3.63) is 52.7 Å². The lowest BCUT2D eigenvalue weighted by Gasteiger charge is -2.21. The number of rotatable bonds is 4. The number of pyridine rings is 1. The normalized spacial score (nSPS) is 24.4. The van der Waals surface area contributed by atoms with Crippen LogP contribution in [-0.4, -0.2) is 34.0 Å². The molecule has 0 amide bonds. The van der Waals surface area contributed by atoms with Crippen LogP contribution in [-0.2, 0) is 4.74 Å². The maximum absolute atomic E-state index is 12.2. The van der Waals surface area contributed by atoms with Gasteiger partial charge < -0.3 is 10.1 Å². The summed E-state index contributed by atoms with van der Waals surface area (Å²) in [6, 6.07) is 7.25. The van der Waals surface area contributed by atoms with Crippen molar-refractivity contribution < 1.29 is 4.74 Å². The first kappa shape index (κ1) is 13.5. The smallest absolute Gasteiger partial charge is 0.267 e. The molecule has 1 aliphatic carbocycles. The summed E-state index contributed by atoms with van der Waals surface area (Å²) < 4.78 is 7.19. The zero-order valence-electron chi connectivity index (χ0n) is 12.2. The number of hydrogen-bond acceptors (Lipinski definition) is 5. The van der Waals surface area contributed by atoms with Crippen LogP contribution >= 0.6 is 0 Å². The van der Waals surface area contributed by atoms with Crippen LogP contribution in [0, 0.1) is 0 Å². The zero-order chi connectivity index (χ0) is 14.9. The zero-order valence-corrected chi connectivity index (χ0v) is 12.2. The minimum atomic E-state index is -0.0839. The van der Waals surface area contributed by atoms with Crippen molar-refractivity contribution in [1.29, 1.82) is 0 Å². The summed E-state index contributed by atoms with van der Waals surface area (Å²) >= 11 is 0. The Morgan fingerprint density at radius 3 is 2.73 bits per heavy atom. The molecule has 1 saturated carbocycles. The van der Waals surface area contributed by atoms with Crippen molar-refractivity contribution in [2.45, 2.75) is 30.8 Å². The molecule has 6 nitrogen and oxygen atoms in total. The highest BCUT2D eigenvalue weighted by Crippen LogP contribution is 2.38. The third-order valence-corrected chi connectivity index (χ3v) is 4.24. The fourth-order valence-corrected chi connectivity index (χ4v) is 2.86. The largest absolute Gasteiger partial charge is 0.378 e. The van der Waals surface area contributed by atoms with E-state index in [1.165, 1.54) is 12.8 Å². The molecule has 0 aromatic carbocycles. The molecule has 4 rings (SSSR count). The second kappa shape index (κ2) is 5.53. The second-order valence-corrected chi connectivity index (χ2v) is 5.91. The van der Waals surface area contributed by atoms with E-state index in [0.29, 0.717) is 19.1 Å². The lowest BCUT2D eigenvalue weighted by atomic mass is 10.1. The first-order valence-corrected chi connectivity index (χ1v) is 7.65. The Hall–Kier alpha value is -2.21. The van der Waals surface area contributed by atoms with Gasteiger partial charge in [-0.15, -0.1) is 0 Å². The van der Waals surface area contributed by atoms with Crippen LogP contribution < -0.4 is 10.9 Å². The van der Waals surface area contributed by atoms with Gasteiger partial charge in [0.2, 0.25) is 0 Å². The summed E-state index contributed by atoms with van der Waals surface area (Å²) in [5, 5.41) is 8.00. The Morgan fingerprint density at radius 1 is 1.14 bits per heavy atom. The Morgan fingerprint density at radius 2 is 1.95 bits per heavy atom. The average molecular weight is 298 g/mol. The van der Waals surface area contributed by atoms with E-state index < -0.39 is 0 Å². The molecule has 2 aromatic heterocycles. The van der Waals surface area contributed by atoms with E-state index >= 15 is 0 Å². The van der Waals surface area contributed by atoms with E-state index in [1.807, 2.05) is 18.2 Å². The molecule has 114 valence electrons. The van der Waals surface area contributed by atoms with E-state index in [0.717, 1.165) is 11.4 Å². The van der Waals surface area contributed by atoms with Crippen LogP contribution in [0.5, 0.6) is 0 Å². The highest BCUT2D eigenvalue weighted by Gasteiger charge is 2.33. The second-order valence-electron chi connectivity index (χ2n) is 5.91. The van der Waals surface area contributed by atoms with Crippen molar-refractivity contribution in [3.63, 3.8) is 0 Å². The van der Waals surface area contributed by atoms with Gasteiger partial charge in [0.1, 0.15) is 6.04 Å². The molecule has 2 fully saturated rings. The summed E-state index contributed by atoms with van der Waals surface area (Å²) in [5.41, 5.74) is 1.93. The van der Waals surface area contributed by atoms with E-state index in [2.05, 4.69) is 15.4 Å². The first-order chi connectivity index (χ1) is 10.8. The van der Waals surface area contributed by atoms with Gasteiger partial charge in [-0.2, -0.15) is 5.10 Å². The lowest BCUT2D eigenvalue weighted by molar-refractivity contribution is 0.182. The third kappa shape index (κ3) is 2.62. The molecule has 0 bridgehead atoms. The van der Waals surface area contributed by atoms with Crippen molar-refractivity contribution in [2.24, 2.45) is 0 Å². The van der Waals surface area contributed by atoms with Crippen molar-refractivity contribution >= 4 is 5.69 Å². The van der Waals surface area contributed by atoms with Crippen LogP contribution in [0.1, 0.15) is 30.5 Å². The summed E-state index contributed by atoms with van der Waals surface area (Å²) in [6.07, 6.45) is 5.83. The fourth-order valence-electron chi connectivity index (χ4n) is 2.86.